The van der Waals surface area contributed by atoms with Crippen LogP contribution in [0.3, 0.4) is 0 Å². The number of ether oxygens (including phenoxy) is 1. The van der Waals surface area contributed by atoms with Crippen molar-refractivity contribution in [3.63, 3.8) is 0 Å². The molecule has 0 spiro atoms. The van der Waals surface area contributed by atoms with Gasteiger partial charge in [-0.05, 0) is 48.2 Å². The predicted molar refractivity (Wildman–Crippen MR) is 95.9 cm³/mol. The van der Waals surface area contributed by atoms with Crippen LogP contribution in [-0.2, 0) is 13.0 Å². The van der Waals surface area contributed by atoms with Gasteiger partial charge < -0.3 is 15.4 Å². The maximum Gasteiger partial charge on any atom is 0.191 e. The van der Waals surface area contributed by atoms with E-state index >= 15 is 0 Å². The minimum absolute atomic E-state index is 0.225. The predicted octanol–water partition coefficient (Wildman–Crippen LogP) is 3.13. The molecule has 0 aliphatic heterocycles. The van der Waals surface area contributed by atoms with E-state index in [4.69, 9.17) is 4.74 Å². The van der Waals surface area contributed by atoms with E-state index in [1.165, 1.54) is 17.7 Å². The molecule has 0 amide bonds. The van der Waals surface area contributed by atoms with E-state index in [1.807, 2.05) is 18.2 Å². The average Bonchev–Trinajstić information content (AvgIpc) is 2.61. The third-order valence-corrected chi connectivity index (χ3v) is 3.67. The molecule has 5 heteroatoms. The van der Waals surface area contributed by atoms with Gasteiger partial charge in [-0.1, -0.05) is 24.3 Å². The molecule has 0 bridgehead atoms. The van der Waals surface area contributed by atoms with Crippen LogP contribution in [0.5, 0.6) is 5.75 Å². The molecule has 0 saturated carbocycles. The van der Waals surface area contributed by atoms with E-state index in [-0.39, 0.29) is 5.82 Å². The minimum Gasteiger partial charge on any atom is -0.497 e. The van der Waals surface area contributed by atoms with Crippen LogP contribution in [-0.4, -0.2) is 26.7 Å². The Balaban J connectivity index is 1.69. The van der Waals surface area contributed by atoms with E-state index in [1.54, 1.807) is 20.2 Å². The van der Waals surface area contributed by atoms with Gasteiger partial charge in [0, 0.05) is 20.1 Å². The molecule has 0 aliphatic rings. The van der Waals surface area contributed by atoms with Gasteiger partial charge in [0.1, 0.15) is 11.6 Å². The molecule has 2 aromatic rings. The third kappa shape index (κ3) is 5.91. The van der Waals surface area contributed by atoms with Crippen molar-refractivity contribution in [1.82, 2.24) is 10.6 Å². The zero-order valence-corrected chi connectivity index (χ0v) is 14.2. The van der Waals surface area contributed by atoms with Crippen molar-refractivity contribution in [2.45, 2.75) is 19.4 Å². The van der Waals surface area contributed by atoms with E-state index in [2.05, 4.69) is 27.8 Å². The fraction of sp³-hybridized carbons (Fsp3) is 0.316. The molecular formula is C19H24FN3O. The van der Waals surface area contributed by atoms with Crippen LogP contribution in [0.15, 0.2) is 53.5 Å². The summed E-state index contributed by atoms with van der Waals surface area (Å²) < 4.78 is 18.3. The Hall–Kier alpha value is -2.56. The summed E-state index contributed by atoms with van der Waals surface area (Å²) in [5, 5.41) is 6.45. The molecule has 24 heavy (non-hydrogen) atoms. The molecular weight excluding hydrogens is 305 g/mol. The number of rotatable bonds is 7. The lowest BCUT2D eigenvalue weighted by molar-refractivity contribution is 0.414. The maximum atomic E-state index is 13.1. The number of aliphatic imine (C=N–C) groups is 1. The van der Waals surface area contributed by atoms with Gasteiger partial charge >= 0.3 is 0 Å². The second-order valence-corrected chi connectivity index (χ2v) is 5.43. The molecule has 2 rings (SSSR count). The van der Waals surface area contributed by atoms with E-state index in [9.17, 15) is 4.39 Å². The zero-order valence-electron chi connectivity index (χ0n) is 14.2. The largest absolute Gasteiger partial charge is 0.497 e. The fourth-order valence-corrected chi connectivity index (χ4v) is 2.34. The van der Waals surface area contributed by atoms with Crippen molar-refractivity contribution in [1.29, 1.82) is 0 Å². The quantitative estimate of drug-likeness (QED) is 0.466. The van der Waals surface area contributed by atoms with Crippen LogP contribution >= 0.6 is 0 Å². The molecule has 2 aromatic carbocycles. The van der Waals surface area contributed by atoms with Gasteiger partial charge in [-0.15, -0.1) is 0 Å². The molecule has 0 heterocycles. The molecule has 128 valence electrons. The number of guanidine groups is 1. The van der Waals surface area contributed by atoms with Gasteiger partial charge in [0.15, 0.2) is 5.96 Å². The second kappa shape index (κ2) is 9.55. The topological polar surface area (TPSA) is 45.7 Å². The van der Waals surface area contributed by atoms with Gasteiger partial charge in [0.2, 0.25) is 0 Å². The van der Waals surface area contributed by atoms with Gasteiger partial charge in [-0.25, -0.2) is 4.39 Å². The van der Waals surface area contributed by atoms with Gasteiger partial charge in [0.05, 0.1) is 7.11 Å². The smallest absolute Gasteiger partial charge is 0.191 e. The number of hydrogen-bond donors (Lipinski definition) is 2. The van der Waals surface area contributed by atoms with Gasteiger partial charge in [-0.2, -0.15) is 0 Å². The fourth-order valence-electron chi connectivity index (χ4n) is 2.34. The highest BCUT2D eigenvalue weighted by Crippen LogP contribution is 2.12. The average molecular weight is 329 g/mol. The Morgan fingerprint density at radius 3 is 2.54 bits per heavy atom. The monoisotopic (exact) mass is 329 g/mol. The highest BCUT2D eigenvalue weighted by atomic mass is 19.1. The molecule has 2 N–H and O–H groups in total. The number of nitrogens with one attached hydrogen (secondary N) is 2. The van der Waals surface area contributed by atoms with Crippen molar-refractivity contribution in [2.24, 2.45) is 4.99 Å². The number of nitrogens with zero attached hydrogens (tertiary/aromatic N) is 1. The molecule has 0 saturated heterocycles. The Labute approximate surface area is 142 Å². The molecule has 0 aliphatic carbocycles. The summed E-state index contributed by atoms with van der Waals surface area (Å²) in [5.74, 6) is 1.37. The number of halogens is 1. The highest BCUT2D eigenvalue weighted by molar-refractivity contribution is 5.79. The van der Waals surface area contributed by atoms with E-state index < -0.39 is 0 Å². The summed E-state index contributed by atoms with van der Waals surface area (Å²) in [4.78, 5) is 4.18. The summed E-state index contributed by atoms with van der Waals surface area (Å²) in [6, 6.07) is 14.7. The van der Waals surface area contributed by atoms with Crippen molar-refractivity contribution in [3.05, 3.63) is 65.5 Å². The Morgan fingerprint density at radius 2 is 1.88 bits per heavy atom. The third-order valence-electron chi connectivity index (χ3n) is 3.67. The Morgan fingerprint density at radius 1 is 1.08 bits per heavy atom. The summed E-state index contributed by atoms with van der Waals surface area (Å²) in [7, 11) is 3.39. The molecule has 0 radical (unpaired) electrons. The van der Waals surface area contributed by atoms with Crippen LogP contribution in [0, 0.1) is 5.82 Å². The molecule has 0 aromatic heterocycles. The first-order chi connectivity index (χ1) is 11.7. The molecule has 0 fully saturated rings. The SMILES string of the molecule is CN=C(NCCCc1ccc(OC)cc1)NCc1cccc(F)c1. The van der Waals surface area contributed by atoms with Gasteiger partial charge in [-0.3, -0.25) is 4.99 Å². The number of hydrogen-bond acceptors (Lipinski definition) is 2. The maximum absolute atomic E-state index is 13.1. The van der Waals surface area contributed by atoms with Crippen LogP contribution < -0.4 is 15.4 Å². The van der Waals surface area contributed by atoms with Crippen molar-refractivity contribution < 1.29 is 9.13 Å². The molecule has 4 nitrogen and oxygen atoms in total. The molecule has 0 unspecified atom stereocenters. The normalized spacial score (nSPS) is 11.2. The first-order valence-corrected chi connectivity index (χ1v) is 8.03. The van der Waals surface area contributed by atoms with Crippen molar-refractivity contribution in [3.8, 4) is 5.75 Å². The molecule has 0 atom stereocenters. The van der Waals surface area contributed by atoms with E-state index in [0.717, 1.165) is 30.7 Å². The van der Waals surface area contributed by atoms with Crippen molar-refractivity contribution in [2.75, 3.05) is 20.7 Å². The van der Waals surface area contributed by atoms with Crippen LogP contribution in [0.2, 0.25) is 0 Å². The Bertz CT molecular complexity index is 656. The Kier molecular flexibility index (Phi) is 7.08. The lowest BCUT2D eigenvalue weighted by atomic mass is 10.1. The first-order valence-electron chi connectivity index (χ1n) is 8.03. The highest BCUT2D eigenvalue weighted by Gasteiger charge is 2.00. The summed E-state index contributed by atoms with van der Waals surface area (Å²) in [6.07, 6.45) is 1.98. The zero-order chi connectivity index (χ0) is 17.2. The lowest BCUT2D eigenvalue weighted by Gasteiger charge is -2.12. The van der Waals surface area contributed by atoms with Crippen molar-refractivity contribution >= 4 is 5.96 Å². The van der Waals surface area contributed by atoms with Crippen LogP contribution in [0.4, 0.5) is 4.39 Å². The lowest BCUT2D eigenvalue weighted by Crippen LogP contribution is -2.37. The van der Waals surface area contributed by atoms with E-state index in [0.29, 0.717) is 12.5 Å². The summed E-state index contributed by atoms with van der Waals surface area (Å²) in [5.41, 5.74) is 2.16. The van der Waals surface area contributed by atoms with Crippen LogP contribution in [0.1, 0.15) is 17.5 Å². The van der Waals surface area contributed by atoms with Crippen LogP contribution in [0.25, 0.3) is 0 Å². The second-order valence-electron chi connectivity index (χ2n) is 5.43. The first kappa shape index (κ1) is 17.8. The minimum atomic E-state index is -0.225. The number of methoxy groups -OCH3 is 1. The number of benzene rings is 2. The standard InChI is InChI=1S/C19H24FN3O/c1-21-19(23-14-16-5-3-7-17(20)13-16)22-12-4-6-15-8-10-18(24-2)11-9-15/h3,5,7-11,13H,4,6,12,14H2,1-2H3,(H2,21,22,23). The van der Waals surface area contributed by atoms with Gasteiger partial charge in [0.25, 0.3) is 0 Å². The summed E-state index contributed by atoms with van der Waals surface area (Å²) >= 11 is 0. The number of aryl methyl sites for hydroxylation is 1. The summed E-state index contributed by atoms with van der Waals surface area (Å²) in [6.45, 7) is 1.35.